The van der Waals surface area contributed by atoms with Crippen LogP contribution in [0.4, 0.5) is 0 Å². The first-order valence-corrected chi connectivity index (χ1v) is 8.20. The van der Waals surface area contributed by atoms with Gasteiger partial charge in [-0.3, -0.25) is 0 Å². The topological polar surface area (TPSA) is 83.1 Å². The van der Waals surface area contributed by atoms with E-state index in [0.29, 0.717) is 6.61 Å². The molecule has 0 bridgehead atoms. The third-order valence-electron chi connectivity index (χ3n) is 4.70. The maximum atomic E-state index is 6.12. The van der Waals surface area contributed by atoms with E-state index in [1.54, 1.807) is 42.7 Å². The molecule has 0 radical (unpaired) electrons. The summed E-state index contributed by atoms with van der Waals surface area (Å²) in [5.41, 5.74) is 0. The van der Waals surface area contributed by atoms with E-state index in [4.69, 9.17) is 42.6 Å². The lowest BCUT2D eigenvalue weighted by atomic mass is 10.0. The first-order chi connectivity index (χ1) is 12.1. The van der Waals surface area contributed by atoms with Gasteiger partial charge in [0.25, 0.3) is 0 Å². The van der Waals surface area contributed by atoms with Gasteiger partial charge in [-0.15, -0.1) is 0 Å². The van der Waals surface area contributed by atoms with Gasteiger partial charge in [0.15, 0.2) is 12.6 Å². The third-order valence-corrected chi connectivity index (χ3v) is 4.70. The van der Waals surface area contributed by atoms with Gasteiger partial charge in [-0.05, 0) is 0 Å². The maximum Gasteiger partial charge on any atom is 0.187 e. The Kier molecular flexibility index (Phi) is 8.46. The summed E-state index contributed by atoms with van der Waals surface area (Å²) in [6, 6.07) is 0. The van der Waals surface area contributed by atoms with Crippen LogP contribution in [0, 0.1) is 0 Å². The molecule has 25 heavy (non-hydrogen) atoms. The van der Waals surface area contributed by atoms with E-state index < -0.39 is 30.9 Å². The van der Waals surface area contributed by atoms with Crippen molar-refractivity contribution in [3.63, 3.8) is 0 Å². The Morgan fingerprint density at radius 3 is 1.52 bits per heavy atom. The highest BCUT2D eigenvalue weighted by Crippen LogP contribution is 2.28. The van der Waals surface area contributed by atoms with Crippen LogP contribution in [0.2, 0.25) is 0 Å². The van der Waals surface area contributed by atoms with E-state index in [2.05, 4.69) is 0 Å². The number of rotatable bonds is 8. The van der Waals surface area contributed by atoms with Gasteiger partial charge in [0, 0.05) is 42.7 Å². The molecule has 0 spiro atoms. The minimum absolute atomic E-state index is 0.236. The van der Waals surface area contributed by atoms with E-state index in [1.165, 1.54) is 0 Å². The Labute approximate surface area is 148 Å². The smallest absolute Gasteiger partial charge is 0.187 e. The van der Waals surface area contributed by atoms with Crippen LogP contribution < -0.4 is 0 Å². The Bertz CT molecular complexity index is 349. The van der Waals surface area contributed by atoms with E-state index in [-0.39, 0.29) is 24.9 Å². The predicted molar refractivity (Wildman–Crippen MR) is 85.3 cm³/mol. The van der Waals surface area contributed by atoms with Crippen LogP contribution in [-0.4, -0.2) is 105 Å². The van der Waals surface area contributed by atoms with E-state index in [0.717, 1.165) is 0 Å². The summed E-state index contributed by atoms with van der Waals surface area (Å²) in [4.78, 5) is 0. The van der Waals surface area contributed by atoms with Crippen molar-refractivity contribution in [3.05, 3.63) is 0 Å². The average molecular weight is 366 g/mol. The summed E-state index contributed by atoms with van der Waals surface area (Å²) < 4.78 is 50.4. The lowest BCUT2D eigenvalue weighted by molar-refractivity contribution is -0.335. The van der Waals surface area contributed by atoms with E-state index in [1.807, 2.05) is 0 Å². The molecule has 2 rings (SSSR count). The van der Waals surface area contributed by atoms with Gasteiger partial charge in [0.1, 0.15) is 36.6 Å². The average Bonchev–Trinajstić information content (AvgIpc) is 2.66. The standard InChI is InChI=1S/C16H30O9/c1-17-9-7-24-16(14(21-5)11(9)18-2)25-10-8-23-15(22-6)13(20-4)12(10)19-3/h9-16H,7-8H2,1-6H3/t9-,10?,11+,12?,13?,14+,15?,16-/m1/s1. The molecule has 0 aromatic carbocycles. The molecule has 9 nitrogen and oxygen atoms in total. The molecule has 0 aromatic rings. The highest BCUT2D eigenvalue weighted by atomic mass is 16.7. The highest BCUT2D eigenvalue weighted by Gasteiger charge is 2.47. The predicted octanol–water partition coefficient (Wildman–Crippen LogP) is -0.194. The quantitative estimate of drug-likeness (QED) is 0.580. The lowest BCUT2D eigenvalue weighted by Gasteiger charge is -2.45. The van der Waals surface area contributed by atoms with Gasteiger partial charge in [0.05, 0.1) is 13.2 Å². The number of ether oxygens (including phenoxy) is 9. The zero-order valence-electron chi connectivity index (χ0n) is 15.7. The molecule has 8 atom stereocenters. The molecule has 2 fully saturated rings. The third kappa shape index (κ3) is 4.49. The summed E-state index contributed by atoms with van der Waals surface area (Å²) in [5, 5.41) is 0. The first kappa shape index (κ1) is 20.9. The fraction of sp³-hybridized carbons (Fsp3) is 1.00. The Balaban J connectivity index is 2.08. The molecule has 0 aliphatic carbocycles. The van der Waals surface area contributed by atoms with Crippen LogP contribution in [-0.2, 0) is 42.6 Å². The number of hydrogen-bond donors (Lipinski definition) is 0. The van der Waals surface area contributed by atoms with Crippen LogP contribution in [0.3, 0.4) is 0 Å². The molecule has 4 unspecified atom stereocenters. The largest absolute Gasteiger partial charge is 0.376 e. The SMILES string of the molecule is COC1OCC(O[C@H]2OC[C@@H](OC)[C@H](OC)[C@@H]2OC)C(OC)C1OC. The van der Waals surface area contributed by atoms with E-state index >= 15 is 0 Å². The van der Waals surface area contributed by atoms with Crippen LogP contribution >= 0.6 is 0 Å². The fourth-order valence-corrected chi connectivity index (χ4v) is 3.36. The summed E-state index contributed by atoms with van der Waals surface area (Å²) in [6.07, 6.45) is -3.41. The summed E-state index contributed by atoms with van der Waals surface area (Å²) in [5.74, 6) is 0. The minimum atomic E-state index is -0.649. The Morgan fingerprint density at radius 2 is 1.00 bits per heavy atom. The zero-order chi connectivity index (χ0) is 18.4. The molecule has 9 heteroatoms. The van der Waals surface area contributed by atoms with Crippen molar-refractivity contribution in [1.29, 1.82) is 0 Å². The summed E-state index contributed by atoms with van der Waals surface area (Å²) in [7, 11) is 9.53. The number of hydrogen-bond acceptors (Lipinski definition) is 9. The summed E-state index contributed by atoms with van der Waals surface area (Å²) in [6.45, 7) is 0.609. The van der Waals surface area contributed by atoms with Crippen molar-refractivity contribution in [2.45, 2.75) is 49.2 Å². The summed E-state index contributed by atoms with van der Waals surface area (Å²) >= 11 is 0. The molecule has 0 N–H and O–H groups in total. The lowest BCUT2D eigenvalue weighted by Crippen LogP contribution is -2.61. The Hall–Kier alpha value is -0.360. The van der Waals surface area contributed by atoms with Crippen LogP contribution in [0.1, 0.15) is 0 Å². The molecule has 0 saturated carbocycles. The normalized spacial score (nSPS) is 42.5. The molecule has 148 valence electrons. The van der Waals surface area contributed by atoms with Gasteiger partial charge in [-0.2, -0.15) is 0 Å². The van der Waals surface area contributed by atoms with Crippen LogP contribution in [0.25, 0.3) is 0 Å². The van der Waals surface area contributed by atoms with Crippen LogP contribution in [0.15, 0.2) is 0 Å². The second kappa shape index (κ2) is 10.1. The van der Waals surface area contributed by atoms with Crippen LogP contribution in [0.5, 0.6) is 0 Å². The van der Waals surface area contributed by atoms with Crippen molar-refractivity contribution in [2.24, 2.45) is 0 Å². The molecule has 0 aromatic heterocycles. The Morgan fingerprint density at radius 1 is 0.520 bits per heavy atom. The second-order valence-electron chi connectivity index (χ2n) is 5.89. The van der Waals surface area contributed by atoms with Gasteiger partial charge < -0.3 is 42.6 Å². The molecule has 0 amide bonds. The maximum absolute atomic E-state index is 6.12. The highest BCUT2D eigenvalue weighted by molar-refractivity contribution is 4.90. The minimum Gasteiger partial charge on any atom is -0.376 e. The molecular weight excluding hydrogens is 336 g/mol. The second-order valence-corrected chi connectivity index (χ2v) is 5.89. The van der Waals surface area contributed by atoms with Crippen molar-refractivity contribution in [2.75, 3.05) is 55.9 Å². The monoisotopic (exact) mass is 366 g/mol. The molecule has 2 heterocycles. The van der Waals surface area contributed by atoms with Gasteiger partial charge in [0.2, 0.25) is 0 Å². The molecular formula is C16H30O9. The van der Waals surface area contributed by atoms with E-state index in [9.17, 15) is 0 Å². The molecule has 2 saturated heterocycles. The van der Waals surface area contributed by atoms with Crippen molar-refractivity contribution in [1.82, 2.24) is 0 Å². The van der Waals surface area contributed by atoms with Gasteiger partial charge in [-0.25, -0.2) is 0 Å². The zero-order valence-corrected chi connectivity index (χ0v) is 15.7. The van der Waals surface area contributed by atoms with Crippen molar-refractivity contribution in [3.8, 4) is 0 Å². The van der Waals surface area contributed by atoms with Gasteiger partial charge >= 0.3 is 0 Å². The van der Waals surface area contributed by atoms with Crippen molar-refractivity contribution < 1.29 is 42.6 Å². The molecule has 2 aliphatic rings. The first-order valence-electron chi connectivity index (χ1n) is 8.20. The number of methoxy groups -OCH3 is 6. The van der Waals surface area contributed by atoms with Crippen molar-refractivity contribution >= 4 is 0 Å². The van der Waals surface area contributed by atoms with Gasteiger partial charge in [-0.1, -0.05) is 0 Å². The fourth-order valence-electron chi connectivity index (χ4n) is 3.36. The molecule has 2 aliphatic heterocycles.